The third-order valence-corrected chi connectivity index (χ3v) is 5.67. The van der Waals surface area contributed by atoms with Gasteiger partial charge in [-0.15, -0.1) is 0 Å². The molecule has 1 amide bonds. The molecule has 0 unspecified atom stereocenters. The summed E-state index contributed by atoms with van der Waals surface area (Å²) in [7, 11) is -3.85. The predicted molar refractivity (Wildman–Crippen MR) is 103 cm³/mol. The number of halogens is 1. The van der Waals surface area contributed by atoms with Crippen LogP contribution in [0.1, 0.15) is 12.0 Å². The zero-order chi connectivity index (χ0) is 19.0. The van der Waals surface area contributed by atoms with Crippen molar-refractivity contribution in [3.05, 3.63) is 64.6 Å². The van der Waals surface area contributed by atoms with E-state index in [2.05, 4.69) is 26.0 Å². The van der Waals surface area contributed by atoms with E-state index in [0.717, 1.165) is 10.0 Å². The van der Waals surface area contributed by atoms with Crippen molar-refractivity contribution >= 4 is 31.9 Å². The number of carbonyl (C=O) groups is 1. The molecule has 0 radical (unpaired) electrons. The molecule has 140 valence electrons. The highest BCUT2D eigenvalue weighted by Crippen LogP contribution is 2.15. The van der Waals surface area contributed by atoms with E-state index in [1.807, 2.05) is 30.3 Å². The van der Waals surface area contributed by atoms with E-state index in [-0.39, 0.29) is 24.5 Å². The Labute approximate surface area is 161 Å². The van der Waals surface area contributed by atoms with Gasteiger partial charge in [-0.05, 0) is 42.7 Å². The lowest BCUT2D eigenvalue weighted by molar-refractivity contribution is -0.122. The van der Waals surface area contributed by atoms with Crippen LogP contribution in [0, 0.1) is 0 Å². The van der Waals surface area contributed by atoms with E-state index in [0.29, 0.717) is 6.42 Å². The number of carbonyl (C=O) groups excluding carboxylic acids is 1. The molecule has 0 saturated heterocycles. The van der Waals surface area contributed by atoms with Crippen molar-refractivity contribution in [2.75, 3.05) is 13.2 Å². The van der Waals surface area contributed by atoms with Crippen molar-refractivity contribution in [2.24, 2.45) is 0 Å². The number of hydrogen-bond acceptors (Lipinski definition) is 4. The van der Waals surface area contributed by atoms with Crippen LogP contribution in [0.3, 0.4) is 0 Å². The minimum absolute atomic E-state index is 0.0474. The fourth-order valence-corrected chi connectivity index (χ4v) is 3.78. The van der Waals surface area contributed by atoms with E-state index in [9.17, 15) is 13.2 Å². The summed E-state index contributed by atoms with van der Waals surface area (Å²) in [5, 5.41) is 11.5. The van der Waals surface area contributed by atoms with Crippen LogP contribution in [0.2, 0.25) is 0 Å². The topological polar surface area (TPSA) is 95.5 Å². The first-order chi connectivity index (χ1) is 12.4. The molecule has 0 spiro atoms. The maximum absolute atomic E-state index is 12.6. The standard InChI is InChI=1S/C18H21BrN2O4S/c19-15-7-9-16(10-8-15)26(24,25)21-17(18(23)20-11-4-12-22)13-14-5-2-1-3-6-14/h1-3,5-10,17,21-22H,4,11-13H2,(H,20,23)/t17-/m0/s1. The zero-order valence-electron chi connectivity index (χ0n) is 14.1. The van der Waals surface area contributed by atoms with E-state index < -0.39 is 22.0 Å². The molecule has 2 rings (SSSR count). The number of benzene rings is 2. The molecular formula is C18H21BrN2O4S. The van der Waals surface area contributed by atoms with Crippen molar-refractivity contribution in [1.29, 1.82) is 0 Å². The SMILES string of the molecule is O=C(NCCCO)[C@H](Cc1ccccc1)NS(=O)(=O)c1ccc(Br)cc1. The van der Waals surface area contributed by atoms with Crippen molar-refractivity contribution in [3.63, 3.8) is 0 Å². The Hall–Kier alpha value is -1.74. The minimum Gasteiger partial charge on any atom is -0.396 e. The Morgan fingerprint density at radius 3 is 2.35 bits per heavy atom. The fraction of sp³-hybridized carbons (Fsp3) is 0.278. The first kappa shape index (κ1) is 20.6. The molecule has 26 heavy (non-hydrogen) atoms. The zero-order valence-corrected chi connectivity index (χ0v) is 16.5. The Balaban J connectivity index is 2.19. The van der Waals surface area contributed by atoms with E-state index in [1.54, 1.807) is 12.1 Å². The highest BCUT2D eigenvalue weighted by Gasteiger charge is 2.25. The number of rotatable bonds is 9. The fourth-order valence-electron chi connectivity index (χ4n) is 2.32. The molecule has 0 aromatic heterocycles. The van der Waals surface area contributed by atoms with Gasteiger partial charge in [-0.25, -0.2) is 8.42 Å². The second-order valence-electron chi connectivity index (χ2n) is 5.69. The number of aliphatic hydroxyl groups is 1. The summed E-state index contributed by atoms with van der Waals surface area (Å²) in [5.74, 6) is -0.428. The Morgan fingerprint density at radius 1 is 1.08 bits per heavy atom. The van der Waals surface area contributed by atoms with Gasteiger partial charge in [0.1, 0.15) is 6.04 Å². The monoisotopic (exact) mass is 440 g/mol. The lowest BCUT2D eigenvalue weighted by Crippen LogP contribution is -2.48. The molecule has 0 fully saturated rings. The molecule has 2 aromatic rings. The summed E-state index contributed by atoms with van der Waals surface area (Å²) < 4.78 is 28.5. The summed E-state index contributed by atoms with van der Waals surface area (Å²) in [6, 6.07) is 14.4. The summed E-state index contributed by atoms with van der Waals surface area (Å²) in [6.45, 7) is 0.231. The molecule has 8 heteroatoms. The van der Waals surface area contributed by atoms with Gasteiger partial charge in [-0.3, -0.25) is 4.79 Å². The average Bonchev–Trinajstić information content (AvgIpc) is 2.62. The second kappa shape index (κ2) is 9.82. The summed E-state index contributed by atoms with van der Waals surface area (Å²) in [5.41, 5.74) is 0.841. The third kappa shape index (κ3) is 6.21. The van der Waals surface area contributed by atoms with Crippen molar-refractivity contribution in [2.45, 2.75) is 23.8 Å². The van der Waals surface area contributed by atoms with E-state index in [1.165, 1.54) is 12.1 Å². The van der Waals surface area contributed by atoms with Crippen LogP contribution in [0.5, 0.6) is 0 Å². The highest BCUT2D eigenvalue weighted by atomic mass is 79.9. The maximum Gasteiger partial charge on any atom is 0.241 e. The summed E-state index contributed by atoms with van der Waals surface area (Å²) >= 11 is 3.27. The van der Waals surface area contributed by atoms with E-state index >= 15 is 0 Å². The molecule has 0 bridgehead atoms. The van der Waals surface area contributed by atoms with Gasteiger partial charge < -0.3 is 10.4 Å². The van der Waals surface area contributed by atoms with E-state index in [4.69, 9.17) is 5.11 Å². The first-order valence-electron chi connectivity index (χ1n) is 8.13. The minimum atomic E-state index is -3.85. The normalized spacial score (nSPS) is 12.5. The predicted octanol–water partition coefficient (Wildman–Crippen LogP) is 1.84. The molecule has 3 N–H and O–H groups in total. The Bertz CT molecular complexity index is 811. The summed E-state index contributed by atoms with van der Waals surface area (Å²) in [4.78, 5) is 12.5. The van der Waals surface area contributed by atoms with Gasteiger partial charge in [-0.2, -0.15) is 4.72 Å². The van der Waals surface area contributed by atoms with Crippen LogP contribution in [-0.2, 0) is 21.2 Å². The molecule has 2 aromatic carbocycles. The molecule has 0 saturated carbocycles. The van der Waals surface area contributed by atoms with Crippen LogP contribution >= 0.6 is 15.9 Å². The molecule has 0 aliphatic heterocycles. The lowest BCUT2D eigenvalue weighted by atomic mass is 10.1. The smallest absolute Gasteiger partial charge is 0.241 e. The van der Waals surface area contributed by atoms with Crippen LogP contribution in [-0.4, -0.2) is 38.6 Å². The maximum atomic E-state index is 12.6. The third-order valence-electron chi connectivity index (χ3n) is 3.65. The Morgan fingerprint density at radius 2 is 1.73 bits per heavy atom. The number of aliphatic hydroxyl groups excluding tert-OH is 1. The number of sulfonamides is 1. The van der Waals surface area contributed by atoms with Gasteiger partial charge in [0.2, 0.25) is 15.9 Å². The van der Waals surface area contributed by atoms with Gasteiger partial charge in [0.05, 0.1) is 4.90 Å². The molecule has 1 atom stereocenters. The summed E-state index contributed by atoms with van der Waals surface area (Å²) in [6.07, 6.45) is 0.630. The van der Waals surface area contributed by atoms with Crippen LogP contribution in [0.15, 0.2) is 64.0 Å². The van der Waals surface area contributed by atoms with Gasteiger partial charge in [0.25, 0.3) is 0 Å². The number of nitrogens with one attached hydrogen (secondary N) is 2. The van der Waals surface area contributed by atoms with Crippen LogP contribution in [0.25, 0.3) is 0 Å². The van der Waals surface area contributed by atoms with Crippen molar-refractivity contribution in [1.82, 2.24) is 10.0 Å². The van der Waals surface area contributed by atoms with Gasteiger partial charge in [-0.1, -0.05) is 46.3 Å². The van der Waals surface area contributed by atoms with Gasteiger partial charge >= 0.3 is 0 Å². The quantitative estimate of drug-likeness (QED) is 0.518. The van der Waals surface area contributed by atoms with Crippen molar-refractivity contribution < 1.29 is 18.3 Å². The van der Waals surface area contributed by atoms with Crippen LogP contribution in [0.4, 0.5) is 0 Å². The van der Waals surface area contributed by atoms with Gasteiger partial charge in [0, 0.05) is 17.6 Å². The first-order valence-corrected chi connectivity index (χ1v) is 10.4. The average molecular weight is 441 g/mol. The van der Waals surface area contributed by atoms with Crippen LogP contribution < -0.4 is 10.0 Å². The largest absolute Gasteiger partial charge is 0.396 e. The number of amides is 1. The van der Waals surface area contributed by atoms with Crippen molar-refractivity contribution in [3.8, 4) is 0 Å². The Kier molecular flexibility index (Phi) is 7.77. The second-order valence-corrected chi connectivity index (χ2v) is 8.32. The molecular weight excluding hydrogens is 420 g/mol. The molecule has 0 heterocycles. The molecule has 6 nitrogen and oxygen atoms in total. The molecule has 0 aliphatic carbocycles. The highest BCUT2D eigenvalue weighted by molar-refractivity contribution is 9.10. The number of hydrogen-bond donors (Lipinski definition) is 3. The lowest BCUT2D eigenvalue weighted by Gasteiger charge is -2.19. The molecule has 0 aliphatic rings. The van der Waals surface area contributed by atoms with Gasteiger partial charge in [0.15, 0.2) is 0 Å².